The maximum absolute atomic E-state index is 13.9. The Labute approximate surface area is 182 Å². The zero-order valence-electron chi connectivity index (χ0n) is 16.4. The van der Waals surface area contributed by atoms with Gasteiger partial charge in [0.05, 0.1) is 17.5 Å². The second-order valence-corrected chi connectivity index (χ2v) is 9.44. The molecule has 0 aromatic heterocycles. The number of imide groups is 1. The molecule has 1 spiro atoms. The number of benzene rings is 2. The van der Waals surface area contributed by atoms with Crippen molar-refractivity contribution in [3.8, 4) is 0 Å². The molecule has 0 aliphatic carbocycles. The average molecular weight is 466 g/mol. The third-order valence-electron chi connectivity index (χ3n) is 7.33. The Morgan fingerprint density at radius 1 is 1.07 bits per heavy atom. The molecule has 1 N–H and O–H groups in total. The summed E-state index contributed by atoms with van der Waals surface area (Å²) in [7, 11) is 0. The molecule has 0 radical (unpaired) electrons. The van der Waals surface area contributed by atoms with Gasteiger partial charge in [-0.2, -0.15) is 0 Å². The minimum atomic E-state index is -1.12. The maximum Gasteiger partial charge on any atom is 0.250 e. The number of aryl methyl sites for hydroxylation is 1. The second kappa shape index (κ2) is 6.02. The SMILES string of the molecule is Cc1cccc2c1NC(=O)C21C2C(=O)N(c3ccccc3Br)C(=O)C2C2CCCN21. The van der Waals surface area contributed by atoms with E-state index in [1.807, 2.05) is 43.3 Å². The molecule has 3 fully saturated rings. The first-order valence-corrected chi connectivity index (χ1v) is 11.1. The van der Waals surface area contributed by atoms with E-state index >= 15 is 0 Å². The topological polar surface area (TPSA) is 69.7 Å². The van der Waals surface area contributed by atoms with Gasteiger partial charge in [0, 0.05) is 21.8 Å². The number of carbonyl (C=O) groups excluding carboxylic acids is 3. The Balaban J connectivity index is 1.59. The fraction of sp³-hybridized carbons (Fsp3) is 0.348. The highest BCUT2D eigenvalue weighted by molar-refractivity contribution is 9.10. The summed E-state index contributed by atoms with van der Waals surface area (Å²) >= 11 is 3.48. The molecule has 3 saturated heterocycles. The number of hydrogen-bond donors (Lipinski definition) is 1. The molecule has 7 heteroatoms. The van der Waals surface area contributed by atoms with Crippen molar-refractivity contribution in [2.45, 2.75) is 31.3 Å². The first-order chi connectivity index (χ1) is 14.5. The van der Waals surface area contributed by atoms with Crippen LogP contribution < -0.4 is 10.2 Å². The normalized spacial score (nSPS) is 32.0. The quantitative estimate of drug-likeness (QED) is 0.656. The van der Waals surface area contributed by atoms with Gasteiger partial charge in [-0.25, -0.2) is 4.90 Å². The molecule has 2 aromatic rings. The highest BCUT2D eigenvalue weighted by Crippen LogP contribution is 2.61. The van der Waals surface area contributed by atoms with Gasteiger partial charge in [-0.15, -0.1) is 0 Å². The second-order valence-electron chi connectivity index (χ2n) is 8.59. The van der Waals surface area contributed by atoms with Gasteiger partial charge in [-0.1, -0.05) is 30.3 Å². The van der Waals surface area contributed by atoms with Crippen molar-refractivity contribution >= 4 is 45.0 Å². The molecular formula is C23H20BrN3O3. The molecule has 4 aliphatic heterocycles. The fourth-order valence-electron chi connectivity index (χ4n) is 6.25. The lowest BCUT2D eigenvalue weighted by Crippen LogP contribution is -2.54. The van der Waals surface area contributed by atoms with E-state index in [9.17, 15) is 14.4 Å². The summed E-state index contributed by atoms with van der Waals surface area (Å²) in [5.41, 5.74) is 2.02. The largest absolute Gasteiger partial charge is 0.324 e. The number of fused-ring (bicyclic) bond motifs is 7. The lowest BCUT2D eigenvalue weighted by Gasteiger charge is -2.36. The van der Waals surface area contributed by atoms with E-state index in [1.54, 1.807) is 6.07 Å². The molecule has 6 nitrogen and oxygen atoms in total. The fourth-order valence-corrected chi connectivity index (χ4v) is 6.71. The van der Waals surface area contributed by atoms with Crippen molar-refractivity contribution < 1.29 is 14.4 Å². The molecule has 4 unspecified atom stereocenters. The molecule has 30 heavy (non-hydrogen) atoms. The van der Waals surface area contributed by atoms with E-state index in [1.165, 1.54) is 4.90 Å². The zero-order valence-corrected chi connectivity index (χ0v) is 18.0. The van der Waals surface area contributed by atoms with E-state index in [-0.39, 0.29) is 23.8 Å². The Kier molecular flexibility index (Phi) is 3.66. The van der Waals surface area contributed by atoms with Crippen LogP contribution in [-0.4, -0.2) is 35.2 Å². The van der Waals surface area contributed by atoms with Gasteiger partial charge in [0.1, 0.15) is 5.54 Å². The summed E-state index contributed by atoms with van der Waals surface area (Å²) in [5, 5.41) is 3.05. The number of para-hydroxylation sites is 2. The Bertz CT molecular complexity index is 1150. The predicted octanol–water partition coefficient (Wildman–Crippen LogP) is 3.19. The minimum Gasteiger partial charge on any atom is -0.324 e. The first-order valence-electron chi connectivity index (χ1n) is 10.3. The number of nitrogens with one attached hydrogen (secondary N) is 1. The van der Waals surface area contributed by atoms with Crippen LogP contribution in [0.3, 0.4) is 0 Å². The van der Waals surface area contributed by atoms with Crippen LogP contribution in [0.2, 0.25) is 0 Å². The van der Waals surface area contributed by atoms with Crippen LogP contribution in [0.25, 0.3) is 0 Å². The van der Waals surface area contributed by atoms with Crippen molar-refractivity contribution in [3.05, 3.63) is 58.1 Å². The number of hydrogen-bond acceptors (Lipinski definition) is 4. The highest BCUT2D eigenvalue weighted by atomic mass is 79.9. The summed E-state index contributed by atoms with van der Waals surface area (Å²) < 4.78 is 0.691. The van der Waals surface area contributed by atoms with E-state index in [0.29, 0.717) is 16.7 Å². The van der Waals surface area contributed by atoms with Crippen LogP contribution in [0.15, 0.2) is 46.9 Å². The summed E-state index contributed by atoms with van der Waals surface area (Å²) in [6, 6.07) is 13.0. The monoisotopic (exact) mass is 465 g/mol. The Hall–Kier alpha value is -2.51. The lowest BCUT2D eigenvalue weighted by molar-refractivity contribution is -0.135. The molecule has 2 aromatic carbocycles. The third kappa shape index (κ3) is 1.95. The van der Waals surface area contributed by atoms with Crippen LogP contribution in [0, 0.1) is 18.8 Å². The number of anilines is 2. The molecule has 0 saturated carbocycles. The molecular weight excluding hydrogens is 446 g/mol. The van der Waals surface area contributed by atoms with Gasteiger partial charge in [0.15, 0.2) is 0 Å². The number of rotatable bonds is 1. The van der Waals surface area contributed by atoms with Gasteiger partial charge in [0.2, 0.25) is 17.7 Å². The van der Waals surface area contributed by atoms with Gasteiger partial charge >= 0.3 is 0 Å². The van der Waals surface area contributed by atoms with Crippen molar-refractivity contribution in [2.24, 2.45) is 11.8 Å². The van der Waals surface area contributed by atoms with Crippen LogP contribution in [0.1, 0.15) is 24.0 Å². The van der Waals surface area contributed by atoms with Gasteiger partial charge in [-0.3, -0.25) is 19.3 Å². The number of amides is 3. The highest BCUT2D eigenvalue weighted by Gasteiger charge is 2.74. The van der Waals surface area contributed by atoms with E-state index < -0.39 is 17.4 Å². The summed E-state index contributed by atoms with van der Waals surface area (Å²) in [6.07, 6.45) is 1.74. The molecule has 4 atom stereocenters. The Morgan fingerprint density at radius 3 is 2.67 bits per heavy atom. The van der Waals surface area contributed by atoms with Crippen molar-refractivity contribution in [2.75, 3.05) is 16.8 Å². The van der Waals surface area contributed by atoms with E-state index in [4.69, 9.17) is 0 Å². The van der Waals surface area contributed by atoms with Crippen LogP contribution in [0.5, 0.6) is 0 Å². The summed E-state index contributed by atoms with van der Waals surface area (Å²) in [6.45, 7) is 2.68. The standard InChI is InChI=1S/C23H20BrN3O3/c1-12-6-4-7-13-19(12)25-22(30)23(13)18-17(16-10-5-11-26(16)23)20(28)27(21(18)29)15-9-3-2-8-14(15)24/h2-4,6-9,16-18H,5,10-11H2,1H3,(H,25,30). The minimum absolute atomic E-state index is 0.101. The molecule has 0 bridgehead atoms. The molecule has 6 rings (SSSR count). The number of nitrogens with zero attached hydrogens (tertiary/aromatic N) is 2. The van der Waals surface area contributed by atoms with Crippen molar-refractivity contribution in [3.63, 3.8) is 0 Å². The van der Waals surface area contributed by atoms with Crippen molar-refractivity contribution in [1.29, 1.82) is 0 Å². The third-order valence-corrected chi connectivity index (χ3v) is 8.00. The Morgan fingerprint density at radius 2 is 1.87 bits per heavy atom. The van der Waals surface area contributed by atoms with Crippen LogP contribution in [-0.2, 0) is 19.9 Å². The van der Waals surface area contributed by atoms with Crippen LogP contribution in [0.4, 0.5) is 11.4 Å². The zero-order chi connectivity index (χ0) is 20.8. The van der Waals surface area contributed by atoms with Gasteiger partial charge in [-0.05, 0) is 59.9 Å². The van der Waals surface area contributed by atoms with Crippen molar-refractivity contribution in [1.82, 2.24) is 4.90 Å². The molecule has 4 heterocycles. The summed E-state index contributed by atoms with van der Waals surface area (Å²) in [4.78, 5) is 44.6. The number of carbonyl (C=O) groups is 3. The van der Waals surface area contributed by atoms with Gasteiger partial charge < -0.3 is 5.32 Å². The summed E-state index contributed by atoms with van der Waals surface area (Å²) in [5.74, 6) is -1.88. The molecule has 152 valence electrons. The number of halogens is 1. The lowest BCUT2D eigenvalue weighted by atomic mass is 9.75. The average Bonchev–Trinajstić information content (AvgIpc) is 3.42. The molecule has 3 amide bonds. The first kappa shape index (κ1) is 18.3. The van der Waals surface area contributed by atoms with E-state index in [2.05, 4.69) is 26.1 Å². The van der Waals surface area contributed by atoms with Gasteiger partial charge in [0.25, 0.3) is 0 Å². The van der Waals surface area contributed by atoms with E-state index in [0.717, 1.165) is 29.7 Å². The predicted molar refractivity (Wildman–Crippen MR) is 115 cm³/mol. The smallest absolute Gasteiger partial charge is 0.250 e. The van der Waals surface area contributed by atoms with Crippen LogP contribution >= 0.6 is 15.9 Å². The maximum atomic E-state index is 13.9. The molecule has 4 aliphatic rings.